The standard InChI is InChI=1S/C16H16N4O2S/c1-20-15-12(7-5-9-17-15)19-16(20)23-10-14(21)18-11-6-3-4-8-13(11)22-2/h3-9H,10H2,1-2H3,(H,18,21). The second kappa shape index (κ2) is 6.70. The molecule has 0 spiro atoms. The quantitative estimate of drug-likeness (QED) is 0.729. The van der Waals surface area contributed by atoms with E-state index < -0.39 is 0 Å². The summed E-state index contributed by atoms with van der Waals surface area (Å²) in [5.41, 5.74) is 2.29. The number of nitrogens with zero attached hydrogens (tertiary/aromatic N) is 3. The van der Waals surface area contributed by atoms with E-state index in [1.165, 1.54) is 11.8 Å². The average Bonchev–Trinajstić information content (AvgIpc) is 2.90. The lowest BCUT2D eigenvalue weighted by atomic mass is 10.3. The summed E-state index contributed by atoms with van der Waals surface area (Å²) in [4.78, 5) is 20.9. The van der Waals surface area contributed by atoms with Crippen LogP contribution in [0.15, 0.2) is 47.8 Å². The van der Waals surface area contributed by atoms with Crippen LogP contribution in [-0.2, 0) is 11.8 Å². The van der Waals surface area contributed by atoms with Crippen molar-refractivity contribution in [1.29, 1.82) is 0 Å². The highest BCUT2D eigenvalue weighted by Crippen LogP contribution is 2.24. The molecule has 3 rings (SSSR count). The van der Waals surface area contributed by atoms with Crippen molar-refractivity contribution >= 4 is 34.5 Å². The molecule has 0 aliphatic rings. The van der Waals surface area contributed by atoms with Crippen LogP contribution < -0.4 is 10.1 Å². The third-order valence-corrected chi connectivity index (χ3v) is 4.33. The van der Waals surface area contributed by atoms with Crippen LogP contribution in [0.5, 0.6) is 5.75 Å². The maximum atomic E-state index is 12.1. The molecule has 0 atom stereocenters. The summed E-state index contributed by atoms with van der Waals surface area (Å²) in [6.07, 6.45) is 1.73. The summed E-state index contributed by atoms with van der Waals surface area (Å²) < 4.78 is 7.11. The zero-order valence-corrected chi connectivity index (χ0v) is 13.6. The van der Waals surface area contributed by atoms with E-state index in [2.05, 4.69) is 15.3 Å². The van der Waals surface area contributed by atoms with E-state index in [1.54, 1.807) is 25.4 Å². The van der Waals surface area contributed by atoms with Crippen molar-refractivity contribution in [3.8, 4) is 5.75 Å². The van der Waals surface area contributed by atoms with Crippen LogP contribution in [0.4, 0.5) is 5.69 Å². The Hall–Kier alpha value is -2.54. The van der Waals surface area contributed by atoms with Gasteiger partial charge in [-0.1, -0.05) is 23.9 Å². The number of thioether (sulfide) groups is 1. The van der Waals surface area contributed by atoms with E-state index in [9.17, 15) is 4.79 Å². The maximum absolute atomic E-state index is 12.1. The Morgan fingerprint density at radius 2 is 2.13 bits per heavy atom. The molecule has 0 aliphatic carbocycles. The molecule has 0 saturated heterocycles. The van der Waals surface area contributed by atoms with Crippen molar-refractivity contribution in [1.82, 2.24) is 14.5 Å². The number of aryl methyl sites for hydroxylation is 1. The Balaban J connectivity index is 1.67. The largest absolute Gasteiger partial charge is 0.495 e. The van der Waals surface area contributed by atoms with Crippen molar-refractivity contribution in [2.75, 3.05) is 18.2 Å². The normalized spacial score (nSPS) is 10.7. The van der Waals surface area contributed by atoms with Gasteiger partial charge in [0.05, 0.1) is 18.6 Å². The molecule has 0 radical (unpaired) electrons. The van der Waals surface area contributed by atoms with Crippen LogP contribution in [0.25, 0.3) is 11.2 Å². The van der Waals surface area contributed by atoms with Gasteiger partial charge >= 0.3 is 0 Å². The number of anilines is 1. The summed E-state index contributed by atoms with van der Waals surface area (Å²) in [7, 11) is 3.47. The minimum atomic E-state index is -0.112. The van der Waals surface area contributed by atoms with Gasteiger partial charge < -0.3 is 14.6 Å². The number of carbonyl (C=O) groups excluding carboxylic acids is 1. The smallest absolute Gasteiger partial charge is 0.234 e. The second-order valence-corrected chi connectivity index (χ2v) is 5.78. The van der Waals surface area contributed by atoms with Gasteiger partial charge in [-0.2, -0.15) is 0 Å². The molecule has 1 aromatic carbocycles. The molecule has 6 nitrogen and oxygen atoms in total. The molecule has 0 saturated carbocycles. The van der Waals surface area contributed by atoms with Crippen LogP contribution in [0.2, 0.25) is 0 Å². The number of hydrogen-bond donors (Lipinski definition) is 1. The molecule has 23 heavy (non-hydrogen) atoms. The fourth-order valence-electron chi connectivity index (χ4n) is 2.20. The van der Waals surface area contributed by atoms with Crippen molar-refractivity contribution < 1.29 is 9.53 Å². The molecular formula is C16H16N4O2S. The lowest BCUT2D eigenvalue weighted by molar-refractivity contribution is -0.113. The zero-order chi connectivity index (χ0) is 16.2. The van der Waals surface area contributed by atoms with E-state index >= 15 is 0 Å². The number of ether oxygens (including phenoxy) is 1. The summed E-state index contributed by atoms with van der Waals surface area (Å²) in [5.74, 6) is 0.784. The van der Waals surface area contributed by atoms with E-state index in [1.807, 2.05) is 35.9 Å². The Morgan fingerprint density at radius 3 is 2.91 bits per heavy atom. The van der Waals surface area contributed by atoms with Gasteiger partial charge in [-0.25, -0.2) is 9.97 Å². The highest BCUT2D eigenvalue weighted by atomic mass is 32.2. The van der Waals surface area contributed by atoms with Gasteiger partial charge in [0.25, 0.3) is 0 Å². The minimum Gasteiger partial charge on any atom is -0.495 e. The summed E-state index contributed by atoms with van der Waals surface area (Å²) >= 11 is 1.37. The Morgan fingerprint density at radius 1 is 1.30 bits per heavy atom. The molecule has 3 aromatic rings. The molecule has 2 aromatic heterocycles. The number of methoxy groups -OCH3 is 1. The van der Waals surface area contributed by atoms with Gasteiger partial charge in [-0.15, -0.1) is 0 Å². The van der Waals surface area contributed by atoms with E-state index in [4.69, 9.17) is 4.74 Å². The molecular weight excluding hydrogens is 312 g/mol. The van der Waals surface area contributed by atoms with Crippen LogP contribution in [0.1, 0.15) is 0 Å². The third-order valence-electron chi connectivity index (χ3n) is 3.30. The SMILES string of the molecule is COc1ccccc1NC(=O)CSc1nc2cccnc2n1C. The lowest BCUT2D eigenvalue weighted by Crippen LogP contribution is -2.15. The van der Waals surface area contributed by atoms with Crippen molar-refractivity contribution in [2.24, 2.45) is 7.05 Å². The monoisotopic (exact) mass is 328 g/mol. The van der Waals surface area contributed by atoms with Crippen LogP contribution in [0, 0.1) is 0 Å². The number of aromatic nitrogens is 3. The van der Waals surface area contributed by atoms with Crippen molar-refractivity contribution in [3.63, 3.8) is 0 Å². The first kappa shape index (κ1) is 15.4. The molecule has 0 bridgehead atoms. The number of pyridine rings is 1. The topological polar surface area (TPSA) is 69.0 Å². The molecule has 2 heterocycles. The summed E-state index contributed by atoms with van der Waals surface area (Å²) in [6, 6.07) is 11.1. The maximum Gasteiger partial charge on any atom is 0.234 e. The van der Waals surface area contributed by atoms with Gasteiger partial charge in [0.2, 0.25) is 5.91 Å². The summed E-state index contributed by atoms with van der Waals surface area (Å²) in [6.45, 7) is 0. The predicted octanol–water partition coefficient (Wildman–Crippen LogP) is 2.71. The Kier molecular flexibility index (Phi) is 4.47. The highest BCUT2D eigenvalue weighted by Gasteiger charge is 2.12. The van der Waals surface area contributed by atoms with Gasteiger partial charge in [0, 0.05) is 13.2 Å². The van der Waals surface area contributed by atoms with E-state index in [0.717, 1.165) is 16.3 Å². The van der Waals surface area contributed by atoms with E-state index in [0.29, 0.717) is 11.4 Å². The van der Waals surface area contributed by atoms with Crippen LogP contribution in [-0.4, -0.2) is 33.3 Å². The average molecular weight is 328 g/mol. The molecule has 1 N–H and O–H groups in total. The highest BCUT2D eigenvalue weighted by molar-refractivity contribution is 7.99. The van der Waals surface area contributed by atoms with Gasteiger partial charge in [-0.05, 0) is 24.3 Å². The molecule has 7 heteroatoms. The first-order chi connectivity index (χ1) is 11.2. The van der Waals surface area contributed by atoms with Gasteiger partial charge in [0.1, 0.15) is 11.3 Å². The van der Waals surface area contributed by atoms with Crippen LogP contribution >= 0.6 is 11.8 Å². The van der Waals surface area contributed by atoms with Crippen LogP contribution in [0.3, 0.4) is 0 Å². The molecule has 0 aliphatic heterocycles. The second-order valence-electron chi connectivity index (χ2n) is 4.84. The van der Waals surface area contributed by atoms with Crippen molar-refractivity contribution in [3.05, 3.63) is 42.6 Å². The number of para-hydroxylation sites is 2. The fraction of sp³-hybridized carbons (Fsp3) is 0.188. The number of hydrogen-bond acceptors (Lipinski definition) is 5. The number of amides is 1. The molecule has 0 unspecified atom stereocenters. The number of rotatable bonds is 5. The lowest BCUT2D eigenvalue weighted by Gasteiger charge is -2.09. The summed E-state index contributed by atoms with van der Waals surface area (Å²) in [5, 5.41) is 3.61. The van der Waals surface area contributed by atoms with Crippen molar-refractivity contribution in [2.45, 2.75) is 5.16 Å². The van der Waals surface area contributed by atoms with Gasteiger partial charge in [0.15, 0.2) is 10.8 Å². The Bertz CT molecular complexity index is 847. The Labute approximate surface area is 137 Å². The zero-order valence-electron chi connectivity index (χ0n) is 12.8. The predicted molar refractivity (Wildman–Crippen MR) is 90.9 cm³/mol. The number of fused-ring (bicyclic) bond motifs is 1. The first-order valence-corrected chi connectivity index (χ1v) is 8.00. The molecule has 1 amide bonds. The number of nitrogens with one attached hydrogen (secondary N) is 1. The number of benzene rings is 1. The third kappa shape index (κ3) is 3.29. The first-order valence-electron chi connectivity index (χ1n) is 7.02. The minimum absolute atomic E-state index is 0.112. The fourth-order valence-corrected chi connectivity index (χ4v) is 2.97. The molecule has 0 fully saturated rings. The van der Waals surface area contributed by atoms with Gasteiger partial charge in [-0.3, -0.25) is 4.79 Å². The number of carbonyl (C=O) groups is 1. The number of imidazole rings is 1. The van der Waals surface area contributed by atoms with E-state index in [-0.39, 0.29) is 11.7 Å². The molecule has 118 valence electrons.